The van der Waals surface area contributed by atoms with Gasteiger partial charge in [-0.25, -0.2) is 18.7 Å². The summed E-state index contributed by atoms with van der Waals surface area (Å²) in [5.74, 6) is -1.15. The van der Waals surface area contributed by atoms with Crippen LogP contribution in [0.1, 0.15) is 10.4 Å². The van der Waals surface area contributed by atoms with Crippen LogP contribution in [0.4, 0.5) is 8.78 Å². The molecular formula is C23H16F2N6O2. The van der Waals surface area contributed by atoms with Crippen LogP contribution in [-0.2, 0) is 11.3 Å². The van der Waals surface area contributed by atoms with E-state index in [1.54, 1.807) is 35.4 Å². The molecule has 0 bridgehead atoms. The first kappa shape index (κ1) is 20.4. The highest BCUT2D eigenvalue weighted by Gasteiger charge is 2.30. The van der Waals surface area contributed by atoms with Gasteiger partial charge in [-0.2, -0.15) is 5.10 Å². The zero-order valence-electron chi connectivity index (χ0n) is 17.0. The topological polar surface area (TPSA) is 86.0 Å². The fraction of sp³-hybridized carbons (Fsp3) is 0.0870. The van der Waals surface area contributed by atoms with Crippen LogP contribution in [0.3, 0.4) is 0 Å². The zero-order chi connectivity index (χ0) is 22.8. The van der Waals surface area contributed by atoms with Gasteiger partial charge in [0.25, 0.3) is 5.91 Å². The molecule has 33 heavy (non-hydrogen) atoms. The second kappa shape index (κ2) is 8.58. The third-order valence-corrected chi connectivity index (χ3v) is 4.99. The fourth-order valence-corrected chi connectivity index (χ4v) is 3.44. The van der Waals surface area contributed by atoms with Crippen molar-refractivity contribution >= 4 is 5.91 Å². The minimum atomic E-state index is -0.709. The van der Waals surface area contributed by atoms with Crippen LogP contribution in [-0.4, -0.2) is 41.8 Å². The van der Waals surface area contributed by atoms with E-state index < -0.39 is 23.8 Å². The highest BCUT2D eigenvalue weighted by molar-refractivity contribution is 6.00. The lowest BCUT2D eigenvalue weighted by Crippen LogP contribution is -2.37. The molecule has 3 aromatic heterocycles. The molecule has 5 rings (SSSR count). The quantitative estimate of drug-likeness (QED) is 0.465. The maximum Gasteiger partial charge on any atom is 0.261 e. The Labute approximate surface area is 186 Å². The van der Waals surface area contributed by atoms with Gasteiger partial charge in [-0.1, -0.05) is 0 Å². The third-order valence-electron chi connectivity index (χ3n) is 4.99. The molecule has 0 saturated heterocycles. The summed E-state index contributed by atoms with van der Waals surface area (Å²) < 4.78 is 34.3. The minimum Gasteiger partial charge on any atom is -0.474 e. The van der Waals surface area contributed by atoms with Gasteiger partial charge >= 0.3 is 0 Å². The van der Waals surface area contributed by atoms with E-state index in [1.165, 1.54) is 41.6 Å². The number of rotatable bonds is 5. The molecule has 0 fully saturated rings. The third kappa shape index (κ3) is 4.18. The summed E-state index contributed by atoms with van der Waals surface area (Å²) in [5, 5.41) is 4.43. The molecule has 164 valence electrons. The smallest absolute Gasteiger partial charge is 0.261 e. The predicted molar refractivity (Wildman–Crippen MR) is 113 cm³/mol. The molecule has 1 aliphatic rings. The largest absolute Gasteiger partial charge is 0.474 e. The molecule has 0 N–H and O–H groups in total. The van der Waals surface area contributed by atoms with Crippen molar-refractivity contribution in [3.63, 3.8) is 0 Å². The van der Waals surface area contributed by atoms with Gasteiger partial charge < -0.3 is 4.74 Å². The Balaban J connectivity index is 1.39. The Hall–Kier alpha value is -4.47. The summed E-state index contributed by atoms with van der Waals surface area (Å²) in [6.45, 7) is 0.201. The van der Waals surface area contributed by atoms with E-state index in [0.29, 0.717) is 22.8 Å². The number of carbonyl (C=O) groups is 1. The fourth-order valence-electron chi connectivity index (χ4n) is 3.44. The van der Waals surface area contributed by atoms with Gasteiger partial charge in [0, 0.05) is 30.4 Å². The normalized spacial score (nSPS) is 15.0. The van der Waals surface area contributed by atoms with Gasteiger partial charge in [0.05, 0.1) is 24.0 Å². The van der Waals surface area contributed by atoms with Crippen LogP contribution >= 0.6 is 0 Å². The second-order valence-electron chi connectivity index (χ2n) is 7.14. The molecule has 0 aliphatic carbocycles. The lowest BCUT2D eigenvalue weighted by atomic mass is 10.0. The molecule has 1 atom stereocenters. The highest BCUT2D eigenvalue weighted by Crippen LogP contribution is 2.26. The van der Waals surface area contributed by atoms with Gasteiger partial charge in [-0.15, -0.1) is 0 Å². The lowest BCUT2D eigenvalue weighted by molar-refractivity contribution is 0.0314. The Bertz CT molecular complexity index is 1320. The number of hydrogen-bond acceptors (Lipinski definition) is 6. The summed E-state index contributed by atoms with van der Waals surface area (Å²) >= 11 is 0. The van der Waals surface area contributed by atoms with Crippen LogP contribution in [0, 0.1) is 11.6 Å². The van der Waals surface area contributed by atoms with E-state index >= 15 is 0 Å². The van der Waals surface area contributed by atoms with Gasteiger partial charge in [0.1, 0.15) is 23.6 Å². The van der Waals surface area contributed by atoms with Gasteiger partial charge in [0.2, 0.25) is 0 Å². The Morgan fingerprint density at radius 3 is 2.61 bits per heavy atom. The summed E-state index contributed by atoms with van der Waals surface area (Å²) in [6.07, 6.45) is 8.09. The van der Waals surface area contributed by atoms with Crippen molar-refractivity contribution in [3.05, 3.63) is 96.9 Å². The molecular weight excluding hydrogens is 430 g/mol. The number of nitrogens with zero attached hydrogens (tertiary/aromatic N) is 6. The summed E-state index contributed by atoms with van der Waals surface area (Å²) in [6, 6.07) is 10.1. The molecule has 0 spiro atoms. The van der Waals surface area contributed by atoms with Crippen molar-refractivity contribution in [3.8, 4) is 22.8 Å². The highest BCUT2D eigenvalue weighted by atomic mass is 19.1. The molecule has 1 amide bonds. The Morgan fingerprint density at radius 1 is 1.00 bits per heavy atom. The van der Waals surface area contributed by atoms with Crippen molar-refractivity contribution < 1.29 is 18.3 Å². The Morgan fingerprint density at radius 2 is 1.82 bits per heavy atom. The molecule has 1 aromatic carbocycles. The first-order chi connectivity index (χ1) is 16.1. The Kier molecular flexibility index (Phi) is 5.31. The molecule has 0 saturated carbocycles. The van der Waals surface area contributed by atoms with Crippen molar-refractivity contribution in [2.45, 2.75) is 12.8 Å². The van der Waals surface area contributed by atoms with Crippen molar-refractivity contribution in [1.29, 1.82) is 0 Å². The summed E-state index contributed by atoms with van der Waals surface area (Å²) in [7, 11) is 0. The number of pyridine rings is 1. The average Bonchev–Trinajstić information content (AvgIpc) is 3.50. The van der Waals surface area contributed by atoms with E-state index in [4.69, 9.17) is 4.74 Å². The number of halogens is 2. The molecule has 0 radical (unpaired) electrons. The van der Waals surface area contributed by atoms with Crippen LogP contribution in [0.5, 0.6) is 0 Å². The van der Waals surface area contributed by atoms with E-state index in [9.17, 15) is 13.6 Å². The molecule has 10 heteroatoms. The standard InChI is InChI=1S/C23H16F2N6O2/c24-15-2-4-17(22-26-7-1-8-27-22)18(12-15)23(32)31-10-11-33-21(31)14-30-9-6-20(29-30)19-5-3-16(25)13-28-19/h1-13,21H,14H2. The molecule has 4 heterocycles. The number of benzene rings is 1. The second-order valence-corrected chi connectivity index (χ2v) is 7.14. The SMILES string of the molecule is O=C(c1cc(F)ccc1-c1ncccn1)N1C=COC1Cn1ccc(-c2ccc(F)cn2)n1. The average molecular weight is 446 g/mol. The first-order valence-corrected chi connectivity index (χ1v) is 9.95. The minimum absolute atomic E-state index is 0.109. The van der Waals surface area contributed by atoms with Crippen LogP contribution in [0.2, 0.25) is 0 Å². The monoisotopic (exact) mass is 446 g/mol. The number of amides is 1. The number of aromatic nitrogens is 5. The first-order valence-electron chi connectivity index (χ1n) is 9.95. The van der Waals surface area contributed by atoms with Crippen LogP contribution in [0.25, 0.3) is 22.8 Å². The van der Waals surface area contributed by atoms with E-state index in [2.05, 4.69) is 20.1 Å². The maximum absolute atomic E-state index is 14.0. The number of ether oxygens (including phenoxy) is 1. The van der Waals surface area contributed by atoms with Crippen molar-refractivity contribution in [2.75, 3.05) is 0 Å². The van der Waals surface area contributed by atoms with Gasteiger partial charge in [-0.05, 0) is 42.5 Å². The lowest BCUT2D eigenvalue weighted by Gasteiger charge is -2.23. The van der Waals surface area contributed by atoms with Gasteiger partial charge in [-0.3, -0.25) is 19.4 Å². The van der Waals surface area contributed by atoms with Crippen molar-refractivity contribution in [1.82, 2.24) is 29.6 Å². The van der Waals surface area contributed by atoms with E-state index in [-0.39, 0.29) is 12.1 Å². The van der Waals surface area contributed by atoms with E-state index in [0.717, 1.165) is 12.3 Å². The predicted octanol–water partition coefficient (Wildman–Crippen LogP) is 3.65. The van der Waals surface area contributed by atoms with Crippen LogP contribution < -0.4 is 0 Å². The van der Waals surface area contributed by atoms with Crippen LogP contribution in [0.15, 0.2) is 79.7 Å². The molecule has 4 aromatic rings. The molecule has 1 unspecified atom stereocenters. The number of hydrogen-bond donors (Lipinski definition) is 0. The van der Waals surface area contributed by atoms with E-state index in [1.807, 2.05) is 0 Å². The molecule has 1 aliphatic heterocycles. The maximum atomic E-state index is 14.0. The molecule has 8 nitrogen and oxygen atoms in total. The summed E-state index contributed by atoms with van der Waals surface area (Å²) in [4.78, 5) is 27.1. The zero-order valence-corrected chi connectivity index (χ0v) is 17.0. The van der Waals surface area contributed by atoms with Crippen molar-refractivity contribution in [2.24, 2.45) is 0 Å². The number of carbonyl (C=O) groups excluding carboxylic acids is 1. The summed E-state index contributed by atoms with van der Waals surface area (Å²) in [5.41, 5.74) is 1.58. The van der Waals surface area contributed by atoms with Gasteiger partial charge in [0.15, 0.2) is 12.1 Å².